The topological polar surface area (TPSA) is 60.8 Å². The molecule has 1 aliphatic heterocycles. The number of nitrogens with zero attached hydrogens (tertiary/aromatic N) is 1. The maximum Gasteiger partial charge on any atom is 0.407 e. The Morgan fingerprint density at radius 1 is 1.50 bits per heavy atom. The molecule has 1 aliphatic rings. The van der Waals surface area contributed by atoms with Crippen molar-refractivity contribution >= 4 is 6.09 Å². The van der Waals surface area contributed by atoms with Crippen molar-refractivity contribution in [3.63, 3.8) is 0 Å². The second-order valence-corrected chi connectivity index (χ2v) is 5.35. The van der Waals surface area contributed by atoms with Crippen molar-refractivity contribution < 1.29 is 15.0 Å². The van der Waals surface area contributed by atoms with Gasteiger partial charge in [-0.05, 0) is 18.8 Å². The first kappa shape index (κ1) is 11.3. The molecule has 2 N–H and O–H groups in total. The van der Waals surface area contributed by atoms with Gasteiger partial charge in [-0.2, -0.15) is 0 Å². The van der Waals surface area contributed by atoms with Gasteiger partial charge in [0.1, 0.15) is 0 Å². The van der Waals surface area contributed by atoms with Crippen molar-refractivity contribution in [3.05, 3.63) is 0 Å². The minimum Gasteiger partial charge on any atom is -0.465 e. The summed E-state index contributed by atoms with van der Waals surface area (Å²) in [6.07, 6.45) is -0.427. The Hall–Kier alpha value is -0.770. The smallest absolute Gasteiger partial charge is 0.407 e. The van der Waals surface area contributed by atoms with Crippen LogP contribution in [0.25, 0.3) is 0 Å². The van der Waals surface area contributed by atoms with Crippen molar-refractivity contribution in [3.8, 4) is 0 Å². The van der Waals surface area contributed by atoms with Gasteiger partial charge < -0.3 is 15.1 Å². The highest BCUT2D eigenvalue weighted by Crippen LogP contribution is 2.39. The van der Waals surface area contributed by atoms with Crippen molar-refractivity contribution in [2.24, 2.45) is 5.41 Å². The first-order valence-electron chi connectivity index (χ1n) is 4.88. The van der Waals surface area contributed by atoms with E-state index in [0.29, 0.717) is 13.0 Å². The maximum absolute atomic E-state index is 11.0. The van der Waals surface area contributed by atoms with E-state index in [1.807, 2.05) is 20.8 Å². The molecule has 4 heteroatoms. The zero-order valence-electron chi connectivity index (χ0n) is 9.24. The van der Waals surface area contributed by atoms with Gasteiger partial charge in [0.2, 0.25) is 0 Å². The third kappa shape index (κ3) is 1.85. The van der Waals surface area contributed by atoms with Gasteiger partial charge in [0.15, 0.2) is 0 Å². The summed E-state index contributed by atoms with van der Waals surface area (Å²) in [5.74, 6) is 0. The van der Waals surface area contributed by atoms with E-state index in [1.165, 1.54) is 4.90 Å². The number of hydrogen-bond acceptors (Lipinski definition) is 2. The van der Waals surface area contributed by atoms with E-state index in [-0.39, 0.29) is 11.5 Å². The molecule has 1 rings (SSSR count). The molecule has 2 atom stereocenters. The molecule has 14 heavy (non-hydrogen) atoms. The Morgan fingerprint density at radius 3 is 2.29 bits per heavy atom. The average Bonchev–Trinajstić information content (AvgIpc) is 2.23. The van der Waals surface area contributed by atoms with Gasteiger partial charge in [-0.3, -0.25) is 0 Å². The van der Waals surface area contributed by atoms with Crippen LogP contribution in [0.2, 0.25) is 0 Å². The lowest BCUT2D eigenvalue weighted by molar-refractivity contribution is -0.0229. The minimum absolute atomic E-state index is 0.238. The van der Waals surface area contributed by atoms with E-state index in [4.69, 9.17) is 5.11 Å². The molecule has 4 nitrogen and oxygen atoms in total. The lowest BCUT2D eigenvalue weighted by Crippen LogP contribution is -2.52. The van der Waals surface area contributed by atoms with Crippen LogP contribution < -0.4 is 0 Å². The molecule has 0 spiro atoms. The van der Waals surface area contributed by atoms with Crippen molar-refractivity contribution in [2.75, 3.05) is 6.54 Å². The number of hydrogen-bond donors (Lipinski definition) is 2. The van der Waals surface area contributed by atoms with Crippen molar-refractivity contribution in [1.29, 1.82) is 0 Å². The summed E-state index contributed by atoms with van der Waals surface area (Å²) < 4.78 is 0. The van der Waals surface area contributed by atoms with Crippen LogP contribution in [0.5, 0.6) is 0 Å². The summed E-state index contributed by atoms with van der Waals surface area (Å²) >= 11 is 0. The van der Waals surface area contributed by atoms with Crippen LogP contribution in [-0.4, -0.2) is 39.4 Å². The highest BCUT2D eigenvalue weighted by molar-refractivity contribution is 5.66. The van der Waals surface area contributed by atoms with Crippen LogP contribution in [-0.2, 0) is 0 Å². The molecule has 0 aromatic carbocycles. The lowest BCUT2D eigenvalue weighted by atomic mass is 9.78. The van der Waals surface area contributed by atoms with Crippen LogP contribution in [0.4, 0.5) is 4.79 Å². The Morgan fingerprint density at radius 2 is 2.00 bits per heavy atom. The van der Waals surface area contributed by atoms with Gasteiger partial charge in [0.05, 0.1) is 11.6 Å². The molecular formula is C10H19NO3. The number of likely N-dealkylation sites (tertiary alicyclic amines) is 1. The molecule has 82 valence electrons. The Balaban J connectivity index is 2.99. The first-order valence-corrected chi connectivity index (χ1v) is 4.88. The largest absolute Gasteiger partial charge is 0.465 e. The summed E-state index contributed by atoms with van der Waals surface area (Å²) in [6, 6.07) is -0.326. The Labute approximate surface area is 84.5 Å². The molecule has 1 unspecified atom stereocenters. The Bertz CT molecular complexity index is 242. The highest BCUT2D eigenvalue weighted by atomic mass is 16.4. The van der Waals surface area contributed by atoms with Crippen LogP contribution in [0, 0.1) is 5.41 Å². The molecule has 0 aromatic heterocycles. The van der Waals surface area contributed by atoms with Crippen molar-refractivity contribution in [1.82, 2.24) is 4.90 Å². The monoisotopic (exact) mass is 201 g/mol. The summed E-state index contributed by atoms with van der Waals surface area (Å²) in [6.45, 7) is 7.99. The second kappa shape index (κ2) is 3.12. The predicted molar refractivity (Wildman–Crippen MR) is 53.2 cm³/mol. The van der Waals surface area contributed by atoms with E-state index in [0.717, 1.165) is 0 Å². The molecule has 1 fully saturated rings. The van der Waals surface area contributed by atoms with E-state index in [1.54, 1.807) is 6.92 Å². The third-order valence-corrected chi connectivity index (χ3v) is 2.83. The molecule has 0 aromatic rings. The third-order valence-electron chi connectivity index (χ3n) is 2.83. The fourth-order valence-corrected chi connectivity index (χ4v) is 2.55. The molecular weight excluding hydrogens is 182 g/mol. The fourth-order valence-electron chi connectivity index (χ4n) is 2.55. The summed E-state index contributed by atoms with van der Waals surface area (Å²) in [7, 11) is 0. The molecule has 1 amide bonds. The quantitative estimate of drug-likeness (QED) is 0.625. The van der Waals surface area contributed by atoms with Gasteiger partial charge in [0.25, 0.3) is 0 Å². The van der Waals surface area contributed by atoms with Gasteiger partial charge in [-0.1, -0.05) is 20.8 Å². The normalized spacial score (nSPS) is 33.5. The first-order chi connectivity index (χ1) is 6.16. The zero-order valence-corrected chi connectivity index (χ0v) is 9.24. The Kier molecular flexibility index (Phi) is 2.52. The van der Waals surface area contributed by atoms with Crippen LogP contribution in [0.15, 0.2) is 0 Å². The average molecular weight is 201 g/mol. The highest BCUT2D eigenvalue weighted by Gasteiger charge is 2.50. The molecule has 0 aliphatic carbocycles. The summed E-state index contributed by atoms with van der Waals surface area (Å²) in [5.41, 5.74) is -1.14. The van der Waals surface area contributed by atoms with Gasteiger partial charge in [-0.15, -0.1) is 0 Å². The van der Waals surface area contributed by atoms with E-state index >= 15 is 0 Å². The van der Waals surface area contributed by atoms with Gasteiger partial charge in [0, 0.05) is 6.54 Å². The van der Waals surface area contributed by atoms with Gasteiger partial charge >= 0.3 is 6.09 Å². The minimum atomic E-state index is -0.942. The van der Waals surface area contributed by atoms with E-state index in [2.05, 4.69) is 0 Å². The van der Waals surface area contributed by atoms with Crippen molar-refractivity contribution in [2.45, 2.75) is 45.8 Å². The fraction of sp³-hybridized carbons (Fsp3) is 0.900. The molecule has 0 saturated carbocycles. The van der Waals surface area contributed by atoms with Crippen LogP contribution in [0.3, 0.4) is 0 Å². The molecule has 1 heterocycles. The standard InChI is InChI=1S/C10H19NO3/c1-9(2,3)7-10(4,14)5-6-11(7)8(12)13/h7,14H,5-6H2,1-4H3,(H,12,13)/t7?,10-/m1/s1. The summed E-state index contributed by atoms with van der Waals surface area (Å²) in [5, 5.41) is 19.1. The number of carbonyl (C=O) groups is 1. The van der Waals surface area contributed by atoms with Crippen LogP contribution >= 0.6 is 0 Å². The zero-order chi connectivity index (χ0) is 11.1. The second-order valence-electron chi connectivity index (χ2n) is 5.35. The molecule has 1 saturated heterocycles. The lowest BCUT2D eigenvalue weighted by Gasteiger charge is -2.39. The number of carboxylic acid groups (broad SMARTS) is 1. The predicted octanol–water partition coefficient (Wildman–Crippen LogP) is 1.54. The van der Waals surface area contributed by atoms with E-state index in [9.17, 15) is 9.90 Å². The molecule has 0 bridgehead atoms. The van der Waals surface area contributed by atoms with Crippen LogP contribution in [0.1, 0.15) is 34.1 Å². The van der Waals surface area contributed by atoms with Gasteiger partial charge in [-0.25, -0.2) is 4.79 Å². The number of aliphatic hydroxyl groups is 1. The van der Waals surface area contributed by atoms with E-state index < -0.39 is 11.7 Å². The number of rotatable bonds is 0. The maximum atomic E-state index is 11.0. The number of amides is 1. The molecule has 0 radical (unpaired) electrons. The SMILES string of the molecule is CC(C)(C)C1N(C(=O)O)CC[C@@]1(C)O. The summed E-state index contributed by atoms with van der Waals surface area (Å²) in [4.78, 5) is 12.3.